The van der Waals surface area contributed by atoms with E-state index in [4.69, 9.17) is 39.3 Å². The van der Waals surface area contributed by atoms with E-state index in [0.29, 0.717) is 27.4 Å². The maximum atomic E-state index is 6.31. The van der Waals surface area contributed by atoms with Crippen molar-refractivity contribution >= 4 is 46.2 Å². The van der Waals surface area contributed by atoms with Crippen LogP contribution in [0.5, 0.6) is 0 Å². The minimum atomic E-state index is 0.256. The molecule has 25 heavy (non-hydrogen) atoms. The first-order valence-corrected chi connectivity index (χ1v) is 8.01. The number of fused-ring (bicyclic) bond motifs is 1. The van der Waals surface area contributed by atoms with Crippen LogP contribution < -0.4 is 21.3 Å². The van der Waals surface area contributed by atoms with Crippen molar-refractivity contribution in [2.24, 2.45) is 11.5 Å². The van der Waals surface area contributed by atoms with E-state index in [2.05, 4.69) is 10.3 Å². The van der Waals surface area contributed by atoms with Crippen LogP contribution in [-0.2, 0) is 0 Å². The fraction of sp³-hybridized carbons (Fsp3) is 0. The van der Waals surface area contributed by atoms with Crippen molar-refractivity contribution in [1.29, 1.82) is 0 Å². The molecule has 4 rings (SSSR count). The molecule has 0 fully saturated rings. The number of hydrogen-bond acceptors (Lipinski definition) is 7. The average Bonchev–Trinajstić information content (AvgIpc) is 3.07. The van der Waals surface area contributed by atoms with E-state index >= 15 is 0 Å². The molecule has 0 aliphatic carbocycles. The van der Waals surface area contributed by atoms with Gasteiger partial charge in [0, 0.05) is 10.7 Å². The Balaban J connectivity index is 1.90. The molecule has 0 radical (unpaired) electrons. The largest absolute Gasteiger partial charge is 0.382 e. The fourth-order valence-corrected chi connectivity index (χ4v) is 2.99. The number of rotatable bonds is 2. The van der Waals surface area contributed by atoms with Gasteiger partial charge >= 0.3 is 0 Å². The molecule has 0 atom stereocenters. The quantitative estimate of drug-likeness (QED) is 0.705. The highest BCUT2D eigenvalue weighted by atomic mass is 35.5. The molecular weight excluding hydrogens is 363 g/mol. The minimum Gasteiger partial charge on any atom is -0.382 e. The molecule has 0 spiro atoms. The molecule has 0 bridgehead atoms. The number of benzene rings is 2. The first-order chi connectivity index (χ1) is 12.1. The van der Waals surface area contributed by atoms with Gasteiger partial charge in [-0.2, -0.15) is 0 Å². The first-order valence-electron chi connectivity index (χ1n) is 7.26. The first kappa shape index (κ1) is 15.6. The average molecular weight is 375 g/mol. The van der Waals surface area contributed by atoms with E-state index in [1.807, 2.05) is 12.1 Å². The van der Waals surface area contributed by atoms with Crippen molar-refractivity contribution in [2.45, 2.75) is 0 Å². The summed E-state index contributed by atoms with van der Waals surface area (Å²) < 4.78 is 4.94. The van der Waals surface area contributed by atoms with Crippen LogP contribution in [0.2, 0.25) is 10.0 Å². The van der Waals surface area contributed by atoms with Crippen molar-refractivity contribution in [3.8, 4) is 0 Å². The van der Waals surface area contributed by atoms with Crippen molar-refractivity contribution < 1.29 is 4.63 Å². The zero-order valence-corrected chi connectivity index (χ0v) is 14.2. The number of nitrogens with zero attached hydrogens (tertiary/aromatic N) is 4. The summed E-state index contributed by atoms with van der Waals surface area (Å²) in [7, 11) is 0. The highest BCUT2D eigenvalue weighted by molar-refractivity contribution is 6.33. The molecule has 3 aromatic rings. The van der Waals surface area contributed by atoms with Crippen LogP contribution in [0.15, 0.2) is 64.8 Å². The number of para-hydroxylation sites is 1. The van der Waals surface area contributed by atoms with Gasteiger partial charge in [-0.3, -0.25) is 9.80 Å². The van der Waals surface area contributed by atoms with E-state index in [0.717, 1.165) is 5.69 Å². The molecule has 2 aromatic carbocycles. The van der Waals surface area contributed by atoms with Crippen molar-refractivity contribution in [3.05, 3.63) is 70.2 Å². The van der Waals surface area contributed by atoms with Crippen LogP contribution in [-0.4, -0.2) is 10.3 Å². The molecule has 4 N–H and O–H groups in total. The second-order valence-corrected chi connectivity index (χ2v) is 6.12. The molecule has 0 saturated heterocycles. The number of hydrogen-bond donors (Lipinski definition) is 2. The molecule has 0 unspecified atom stereocenters. The van der Waals surface area contributed by atoms with Crippen LogP contribution in [0.3, 0.4) is 0 Å². The third-order valence-corrected chi connectivity index (χ3v) is 4.37. The standard InChI is InChI=1S/C16H12Cl2N6O/c17-9-5-7-10(8-6-9)23-13(19)14(20)24(16-15(23)21-25-22-16)12-4-2-1-3-11(12)18/h1-8H,19-20H2. The van der Waals surface area contributed by atoms with Crippen LogP contribution >= 0.6 is 23.2 Å². The smallest absolute Gasteiger partial charge is 0.229 e. The van der Waals surface area contributed by atoms with E-state index in [1.165, 1.54) is 0 Å². The zero-order valence-electron chi connectivity index (χ0n) is 12.7. The number of anilines is 4. The van der Waals surface area contributed by atoms with Crippen LogP contribution in [0.1, 0.15) is 0 Å². The van der Waals surface area contributed by atoms with E-state index < -0.39 is 0 Å². The Kier molecular flexibility index (Phi) is 3.67. The number of halogens is 2. The molecule has 126 valence electrons. The van der Waals surface area contributed by atoms with Crippen molar-refractivity contribution in [3.63, 3.8) is 0 Å². The summed E-state index contributed by atoms with van der Waals surface area (Å²) in [6.45, 7) is 0. The van der Waals surface area contributed by atoms with Gasteiger partial charge in [0.1, 0.15) is 0 Å². The van der Waals surface area contributed by atoms with Gasteiger partial charge in [-0.05, 0) is 46.7 Å². The monoisotopic (exact) mass is 374 g/mol. The molecule has 1 aromatic heterocycles. The molecular formula is C16H12Cl2N6O. The van der Waals surface area contributed by atoms with Crippen molar-refractivity contribution in [1.82, 2.24) is 10.3 Å². The molecule has 9 heteroatoms. The molecule has 0 saturated carbocycles. The normalized spacial score (nSPS) is 14.0. The van der Waals surface area contributed by atoms with Gasteiger partial charge in [0.25, 0.3) is 0 Å². The van der Waals surface area contributed by atoms with Gasteiger partial charge in [0.05, 0.1) is 10.7 Å². The lowest BCUT2D eigenvalue weighted by Gasteiger charge is -2.34. The second kappa shape index (κ2) is 5.87. The molecule has 0 amide bonds. The van der Waals surface area contributed by atoms with E-state index in [1.54, 1.807) is 46.2 Å². The number of aromatic nitrogens is 2. The van der Waals surface area contributed by atoms with Gasteiger partial charge in [-0.1, -0.05) is 35.3 Å². The topological polar surface area (TPSA) is 97.4 Å². The Bertz CT molecular complexity index is 969. The van der Waals surface area contributed by atoms with Gasteiger partial charge in [0.15, 0.2) is 11.6 Å². The van der Waals surface area contributed by atoms with Crippen LogP contribution in [0.4, 0.5) is 23.0 Å². The molecule has 1 aliphatic rings. The highest BCUT2D eigenvalue weighted by Gasteiger charge is 2.35. The van der Waals surface area contributed by atoms with Crippen LogP contribution in [0, 0.1) is 0 Å². The lowest BCUT2D eigenvalue weighted by atomic mass is 10.2. The molecule has 2 heterocycles. The molecule has 7 nitrogen and oxygen atoms in total. The van der Waals surface area contributed by atoms with Gasteiger partial charge < -0.3 is 11.5 Å². The maximum absolute atomic E-state index is 6.31. The predicted octanol–water partition coefficient (Wildman–Crippen LogP) is 3.71. The second-order valence-electron chi connectivity index (χ2n) is 5.28. The van der Waals surface area contributed by atoms with Gasteiger partial charge in [0.2, 0.25) is 11.6 Å². The third kappa shape index (κ3) is 2.45. The van der Waals surface area contributed by atoms with Gasteiger partial charge in [-0.25, -0.2) is 4.63 Å². The maximum Gasteiger partial charge on any atom is 0.229 e. The summed E-state index contributed by atoms with van der Waals surface area (Å²) in [6.07, 6.45) is 0. The van der Waals surface area contributed by atoms with Crippen molar-refractivity contribution in [2.75, 3.05) is 9.80 Å². The zero-order chi connectivity index (χ0) is 17.6. The Labute approximate surface area is 153 Å². The third-order valence-electron chi connectivity index (χ3n) is 3.80. The fourth-order valence-electron chi connectivity index (χ4n) is 2.65. The SMILES string of the molecule is NC1=C(N)N(c2ccccc2Cl)c2nonc2N1c1ccc(Cl)cc1. The lowest BCUT2D eigenvalue weighted by Crippen LogP contribution is -2.39. The minimum absolute atomic E-state index is 0.256. The van der Waals surface area contributed by atoms with E-state index in [9.17, 15) is 0 Å². The van der Waals surface area contributed by atoms with Crippen LogP contribution in [0.25, 0.3) is 0 Å². The summed E-state index contributed by atoms with van der Waals surface area (Å²) in [4.78, 5) is 3.25. The number of nitrogens with two attached hydrogens (primary N) is 2. The Morgan fingerprint density at radius 1 is 0.800 bits per heavy atom. The van der Waals surface area contributed by atoms with Gasteiger partial charge in [-0.15, -0.1) is 0 Å². The Hall–Kier alpha value is -2.90. The Morgan fingerprint density at radius 3 is 2.08 bits per heavy atom. The highest BCUT2D eigenvalue weighted by Crippen LogP contribution is 2.44. The summed E-state index contributed by atoms with van der Waals surface area (Å²) >= 11 is 12.3. The lowest BCUT2D eigenvalue weighted by molar-refractivity contribution is 0.309. The summed E-state index contributed by atoms with van der Waals surface area (Å²) in [6, 6.07) is 14.3. The summed E-state index contributed by atoms with van der Waals surface area (Å²) in [5.74, 6) is 1.31. The van der Waals surface area contributed by atoms with E-state index in [-0.39, 0.29) is 11.6 Å². The molecule has 1 aliphatic heterocycles. The predicted molar refractivity (Wildman–Crippen MR) is 96.9 cm³/mol. The summed E-state index contributed by atoms with van der Waals surface area (Å²) in [5, 5.41) is 9.05. The Morgan fingerprint density at radius 2 is 1.40 bits per heavy atom. The summed E-state index contributed by atoms with van der Waals surface area (Å²) in [5.41, 5.74) is 13.9.